The lowest BCUT2D eigenvalue weighted by molar-refractivity contribution is -0.124. The van der Waals surface area contributed by atoms with Crippen molar-refractivity contribution in [1.29, 1.82) is 0 Å². The highest BCUT2D eigenvalue weighted by atomic mass is 79.9. The Morgan fingerprint density at radius 1 is 1.17 bits per heavy atom. The molecule has 1 atom stereocenters. The number of benzene rings is 2. The van der Waals surface area contributed by atoms with Gasteiger partial charge in [-0.3, -0.25) is 4.79 Å². The Labute approximate surface area is 149 Å². The number of hydrogen-bond acceptors (Lipinski definition) is 4. The summed E-state index contributed by atoms with van der Waals surface area (Å²) in [6.45, 7) is 1.52. The third-order valence-corrected chi connectivity index (χ3v) is 4.10. The molecule has 0 spiro atoms. The molecule has 0 aliphatic carbocycles. The number of esters is 1. The van der Waals surface area contributed by atoms with Crippen LogP contribution in [0.1, 0.15) is 28.9 Å². The second-order valence-corrected chi connectivity index (χ2v) is 5.98. The summed E-state index contributed by atoms with van der Waals surface area (Å²) in [5, 5.41) is 2.79. The van der Waals surface area contributed by atoms with Crippen molar-refractivity contribution in [2.45, 2.75) is 13.0 Å². The molecule has 0 bridgehead atoms. The highest BCUT2D eigenvalue weighted by molar-refractivity contribution is 9.10. The van der Waals surface area contributed by atoms with Crippen molar-refractivity contribution in [1.82, 2.24) is 5.32 Å². The van der Waals surface area contributed by atoms with Crippen molar-refractivity contribution in [2.75, 3.05) is 13.7 Å². The maximum atomic E-state index is 12.1. The second kappa shape index (κ2) is 8.49. The fourth-order valence-electron chi connectivity index (χ4n) is 2.10. The molecule has 2 aromatic carbocycles. The molecule has 0 radical (unpaired) electrons. The average molecular weight is 392 g/mol. The number of ether oxygens (including phenoxy) is 2. The molecule has 5 nitrogen and oxygen atoms in total. The van der Waals surface area contributed by atoms with Gasteiger partial charge in [-0.15, -0.1) is 0 Å². The standard InChI is InChI=1S/C18H18BrNO4/c1-12(13-6-4-3-5-7-13)20-17(21)11-24-18(22)15-10-14(23-2)8-9-16(15)19/h3-10,12H,11H2,1-2H3,(H,20,21)/t12-/m0/s1. The van der Waals surface area contributed by atoms with E-state index in [2.05, 4.69) is 21.2 Å². The van der Waals surface area contributed by atoms with Crippen LogP contribution in [0.3, 0.4) is 0 Å². The molecule has 1 amide bonds. The Hall–Kier alpha value is -2.34. The first-order chi connectivity index (χ1) is 11.5. The van der Waals surface area contributed by atoms with Gasteiger partial charge in [0.25, 0.3) is 5.91 Å². The van der Waals surface area contributed by atoms with Crippen molar-refractivity contribution in [3.8, 4) is 5.75 Å². The monoisotopic (exact) mass is 391 g/mol. The van der Waals surface area contributed by atoms with Gasteiger partial charge in [-0.25, -0.2) is 4.79 Å². The van der Waals surface area contributed by atoms with E-state index >= 15 is 0 Å². The lowest BCUT2D eigenvalue weighted by Gasteiger charge is -2.14. The third kappa shape index (κ3) is 4.83. The number of halogens is 1. The molecule has 6 heteroatoms. The molecule has 0 fully saturated rings. The predicted molar refractivity (Wildman–Crippen MR) is 94.0 cm³/mol. The molecule has 0 unspecified atom stereocenters. The molecule has 1 N–H and O–H groups in total. The highest BCUT2D eigenvalue weighted by Gasteiger charge is 2.16. The molecule has 24 heavy (non-hydrogen) atoms. The van der Waals surface area contributed by atoms with Gasteiger partial charge in [0.1, 0.15) is 5.75 Å². The zero-order valence-corrected chi connectivity index (χ0v) is 15.0. The number of carbonyl (C=O) groups excluding carboxylic acids is 2. The van der Waals surface area contributed by atoms with Gasteiger partial charge in [0.15, 0.2) is 6.61 Å². The molecule has 0 aromatic heterocycles. The Bertz CT molecular complexity index is 718. The van der Waals surface area contributed by atoms with E-state index in [1.54, 1.807) is 18.2 Å². The summed E-state index contributed by atoms with van der Waals surface area (Å²) in [4.78, 5) is 24.1. The second-order valence-electron chi connectivity index (χ2n) is 5.12. The fraction of sp³-hybridized carbons (Fsp3) is 0.222. The zero-order valence-electron chi connectivity index (χ0n) is 13.4. The highest BCUT2D eigenvalue weighted by Crippen LogP contribution is 2.23. The van der Waals surface area contributed by atoms with Crippen LogP contribution in [-0.4, -0.2) is 25.6 Å². The summed E-state index contributed by atoms with van der Waals surface area (Å²) >= 11 is 3.28. The SMILES string of the molecule is COc1ccc(Br)c(C(=O)OCC(=O)N[C@@H](C)c2ccccc2)c1. The summed E-state index contributed by atoms with van der Waals surface area (Å²) in [5.41, 5.74) is 1.28. The first kappa shape index (κ1) is 18.0. The van der Waals surface area contributed by atoms with Crippen LogP contribution in [0.25, 0.3) is 0 Å². The smallest absolute Gasteiger partial charge is 0.339 e. The van der Waals surface area contributed by atoms with E-state index in [1.165, 1.54) is 7.11 Å². The summed E-state index contributed by atoms with van der Waals surface area (Å²) in [6.07, 6.45) is 0. The van der Waals surface area contributed by atoms with E-state index < -0.39 is 5.97 Å². The quantitative estimate of drug-likeness (QED) is 0.765. The van der Waals surface area contributed by atoms with Crippen LogP contribution in [0.4, 0.5) is 0 Å². The molecule has 2 rings (SSSR count). The first-order valence-corrected chi connectivity index (χ1v) is 8.15. The largest absolute Gasteiger partial charge is 0.497 e. The van der Waals surface area contributed by atoms with Gasteiger partial charge in [0, 0.05) is 4.47 Å². The van der Waals surface area contributed by atoms with Crippen molar-refractivity contribution in [3.63, 3.8) is 0 Å². The van der Waals surface area contributed by atoms with Crippen molar-refractivity contribution in [2.24, 2.45) is 0 Å². The number of methoxy groups -OCH3 is 1. The molecule has 0 aliphatic heterocycles. The minimum absolute atomic E-state index is 0.166. The van der Waals surface area contributed by atoms with Gasteiger partial charge in [-0.1, -0.05) is 30.3 Å². The minimum Gasteiger partial charge on any atom is -0.497 e. The van der Waals surface area contributed by atoms with Gasteiger partial charge < -0.3 is 14.8 Å². The van der Waals surface area contributed by atoms with Crippen LogP contribution in [0.15, 0.2) is 53.0 Å². The Balaban J connectivity index is 1.91. The summed E-state index contributed by atoms with van der Waals surface area (Å²) < 4.78 is 10.7. The van der Waals surface area contributed by atoms with Crippen LogP contribution < -0.4 is 10.1 Å². The Morgan fingerprint density at radius 2 is 1.88 bits per heavy atom. The van der Waals surface area contributed by atoms with Crippen LogP contribution in [-0.2, 0) is 9.53 Å². The summed E-state index contributed by atoms with van der Waals surface area (Å²) in [7, 11) is 1.51. The molecule has 0 saturated heterocycles. The topological polar surface area (TPSA) is 64.6 Å². The molecular formula is C18H18BrNO4. The summed E-state index contributed by atoms with van der Waals surface area (Å²) in [5.74, 6) is -0.422. The van der Waals surface area contributed by atoms with Gasteiger partial charge in [0.05, 0.1) is 18.7 Å². The predicted octanol–water partition coefficient (Wildman–Crippen LogP) is 3.49. The van der Waals surface area contributed by atoms with E-state index in [0.29, 0.717) is 15.8 Å². The first-order valence-electron chi connectivity index (χ1n) is 7.36. The minimum atomic E-state index is -0.594. The molecule has 126 valence electrons. The number of amides is 1. The maximum absolute atomic E-state index is 12.1. The molecule has 2 aromatic rings. The average Bonchev–Trinajstić information content (AvgIpc) is 2.60. The van der Waals surface area contributed by atoms with Crippen LogP contribution >= 0.6 is 15.9 Å². The third-order valence-electron chi connectivity index (χ3n) is 3.40. The van der Waals surface area contributed by atoms with Gasteiger partial charge >= 0.3 is 5.97 Å². The number of hydrogen-bond donors (Lipinski definition) is 1. The molecule has 0 heterocycles. The van der Waals surface area contributed by atoms with Crippen molar-refractivity contribution in [3.05, 3.63) is 64.1 Å². The van der Waals surface area contributed by atoms with E-state index in [1.807, 2.05) is 37.3 Å². The maximum Gasteiger partial charge on any atom is 0.339 e. The van der Waals surface area contributed by atoms with Crippen molar-refractivity contribution < 1.29 is 19.1 Å². The van der Waals surface area contributed by atoms with Crippen LogP contribution in [0.2, 0.25) is 0 Å². The molecular weight excluding hydrogens is 374 g/mol. The van der Waals surface area contributed by atoms with E-state index in [0.717, 1.165) is 5.56 Å². The fourth-order valence-corrected chi connectivity index (χ4v) is 2.51. The molecule has 0 saturated carbocycles. The van der Waals surface area contributed by atoms with Gasteiger partial charge in [0.2, 0.25) is 0 Å². The van der Waals surface area contributed by atoms with Crippen molar-refractivity contribution >= 4 is 27.8 Å². The Kier molecular flexibility index (Phi) is 6.37. The van der Waals surface area contributed by atoms with E-state index in [9.17, 15) is 9.59 Å². The Morgan fingerprint density at radius 3 is 2.54 bits per heavy atom. The van der Waals surface area contributed by atoms with Gasteiger partial charge in [-0.2, -0.15) is 0 Å². The van der Waals surface area contributed by atoms with E-state index in [4.69, 9.17) is 9.47 Å². The molecule has 0 aliphatic rings. The van der Waals surface area contributed by atoms with Crippen LogP contribution in [0, 0.1) is 0 Å². The lowest BCUT2D eigenvalue weighted by Crippen LogP contribution is -2.31. The zero-order chi connectivity index (χ0) is 17.5. The number of nitrogens with one attached hydrogen (secondary N) is 1. The summed E-state index contributed by atoms with van der Waals surface area (Å²) in [6, 6.07) is 14.3. The lowest BCUT2D eigenvalue weighted by atomic mass is 10.1. The van der Waals surface area contributed by atoms with E-state index in [-0.39, 0.29) is 18.6 Å². The van der Waals surface area contributed by atoms with Gasteiger partial charge in [-0.05, 0) is 46.6 Å². The number of rotatable bonds is 6. The normalized spacial score (nSPS) is 11.5. The van der Waals surface area contributed by atoms with Crippen LogP contribution in [0.5, 0.6) is 5.75 Å². The number of carbonyl (C=O) groups is 2.